The summed E-state index contributed by atoms with van der Waals surface area (Å²) in [5, 5.41) is 19.6. The molecule has 0 atom stereocenters. The van der Waals surface area contributed by atoms with Crippen molar-refractivity contribution in [3.05, 3.63) is 66.1 Å². The predicted molar refractivity (Wildman–Crippen MR) is 78.2 cm³/mol. The molecule has 102 valence electrons. The molecule has 0 aliphatic carbocycles. The summed E-state index contributed by atoms with van der Waals surface area (Å²) < 4.78 is 5.14. The van der Waals surface area contributed by atoms with Crippen LogP contribution in [0.15, 0.2) is 59.3 Å². The van der Waals surface area contributed by atoms with Crippen LogP contribution < -0.4 is 5.32 Å². The zero-order valence-corrected chi connectivity index (χ0v) is 11.2. The first kappa shape index (κ1) is 12.9. The maximum atomic E-state index is 8.76. The third-order valence-electron chi connectivity index (χ3n) is 3.07. The number of benzene rings is 2. The van der Waals surface area contributed by atoms with E-state index >= 15 is 0 Å². The number of anilines is 1. The van der Waals surface area contributed by atoms with Crippen molar-refractivity contribution in [1.29, 1.82) is 5.26 Å². The summed E-state index contributed by atoms with van der Waals surface area (Å²) in [4.78, 5) is 0. The molecule has 21 heavy (non-hydrogen) atoms. The van der Waals surface area contributed by atoms with E-state index in [-0.39, 0.29) is 0 Å². The van der Waals surface area contributed by atoms with E-state index in [4.69, 9.17) is 9.68 Å². The normalized spacial score (nSPS) is 10.0. The molecule has 0 saturated heterocycles. The van der Waals surface area contributed by atoms with Gasteiger partial charge in [0, 0.05) is 17.8 Å². The van der Waals surface area contributed by atoms with E-state index in [1.54, 1.807) is 0 Å². The van der Waals surface area contributed by atoms with Crippen molar-refractivity contribution in [3.63, 3.8) is 0 Å². The van der Waals surface area contributed by atoms with Crippen LogP contribution in [0.1, 0.15) is 11.1 Å². The minimum atomic E-state index is 0.508. The van der Waals surface area contributed by atoms with Gasteiger partial charge in [0.25, 0.3) is 0 Å². The van der Waals surface area contributed by atoms with Crippen molar-refractivity contribution in [1.82, 2.24) is 10.2 Å². The molecule has 1 aromatic heterocycles. The summed E-state index contributed by atoms with van der Waals surface area (Å²) >= 11 is 0. The van der Waals surface area contributed by atoms with Gasteiger partial charge in [-0.25, -0.2) is 0 Å². The van der Waals surface area contributed by atoms with Crippen LogP contribution in [0.3, 0.4) is 0 Å². The van der Waals surface area contributed by atoms with E-state index in [1.165, 1.54) is 6.39 Å². The molecule has 0 aliphatic heterocycles. The number of nitriles is 1. The summed E-state index contributed by atoms with van der Waals surface area (Å²) in [6, 6.07) is 17.4. The zero-order valence-electron chi connectivity index (χ0n) is 11.2. The summed E-state index contributed by atoms with van der Waals surface area (Å²) in [5.41, 5.74) is 3.68. The Morgan fingerprint density at radius 2 is 1.81 bits per heavy atom. The van der Waals surface area contributed by atoms with Gasteiger partial charge in [-0.1, -0.05) is 12.1 Å². The van der Waals surface area contributed by atoms with Gasteiger partial charge >= 0.3 is 0 Å². The van der Waals surface area contributed by atoms with Crippen LogP contribution in [0.4, 0.5) is 5.69 Å². The number of nitrogens with zero attached hydrogens (tertiary/aromatic N) is 3. The quantitative estimate of drug-likeness (QED) is 0.791. The van der Waals surface area contributed by atoms with Gasteiger partial charge in [0.15, 0.2) is 0 Å². The van der Waals surface area contributed by atoms with Gasteiger partial charge < -0.3 is 9.73 Å². The molecule has 0 unspecified atom stereocenters. The first-order valence-corrected chi connectivity index (χ1v) is 6.45. The minimum Gasteiger partial charge on any atom is -0.423 e. The van der Waals surface area contributed by atoms with Crippen LogP contribution >= 0.6 is 0 Å². The van der Waals surface area contributed by atoms with Crippen LogP contribution in [0, 0.1) is 11.3 Å². The average molecular weight is 276 g/mol. The highest BCUT2D eigenvalue weighted by Gasteiger charge is 2.02. The maximum absolute atomic E-state index is 8.76. The van der Waals surface area contributed by atoms with Crippen LogP contribution in [-0.2, 0) is 6.54 Å². The summed E-state index contributed by atoms with van der Waals surface area (Å²) in [5.74, 6) is 0.508. The molecule has 0 fully saturated rings. The second-order valence-corrected chi connectivity index (χ2v) is 4.48. The van der Waals surface area contributed by atoms with Gasteiger partial charge in [-0.05, 0) is 42.0 Å². The topological polar surface area (TPSA) is 74.7 Å². The van der Waals surface area contributed by atoms with Gasteiger partial charge in [0.05, 0.1) is 11.6 Å². The van der Waals surface area contributed by atoms with Crippen molar-refractivity contribution in [2.75, 3.05) is 5.32 Å². The Kier molecular flexibility index (Phi) is 3.61. The number of rotatable bonds is 4. The Hall–Kier alpha value is -3.13. The lowest BCUT2D eigenvalue weighted by Gasteiger charge is -2.07. The van der Waals surface area contributed by atoms with Gasteiger partial charge in [-0.3, -0.25) is 0 Å². The smallest absolute Gasteiger partial charge is 0.247 e. The Bertz CT molecular complexity index is 740. The second kappa shape index (κ2) is 5.88. The van der Waals surface area contributed by atoms with Crippen molar-refractivity contribution in [3.8, 4) is 17.5 Å². The Morgan fingerprint density at radius 3 is 2.43 bits per heavy atom. The molecule has 5 heteroatoms. The summed E-state index contributed by atoms with van der Waals surface area (Å²) in [6.45, 7) is 0.700. The van der Waals surface area contributed by atoms with Gasteiger partial charge in [-0.15, -0.1) is 10.2 Å². The fraction of sp³-hybridized carbons (Fsp3) is 0.0625. The Labute approximate surface area is 121 Å². The summed E-state index contributed by atoms with van der Waals surface area (Å²) in [7, 11) is 0. The monoisotopic (exact) mass is 276 g/mol. The lowest BCUT2D eigenvalue weighted by Crippen LogP contribution is -1.99. The lowest BCUT2D eigenvalue weighted by molar-refractivity contribution is 0.568. The molecule has 0 aliphatic rings. The molecule has 0 radical (unpaired) electrons. The standard InChI is InChI=1S/C16H12N4O/c17-9-12-1-3-13(4-2-12)10-18-15-7-5-14(6-8-15)16-20-19-11-21-16/h1-8,11,18H,10H2. The minimum absolute atomic E-state index is 0.508. The highest BCUT2D eigenvalue weighted by atomic mass is 16.4. The highest BCUT2D eigenvalue weighted by Crippen LogP contribution is 2.19. The van der Waals surface area contributed by atoms with Crippen LogP contribution in [0.5, 0.6) is 0 Å². The fourth-order valence-electron chi connectivity index (χ4n) is 1.93. The van der Waals surface area contributed by atoms with E-state index < -0.39 is 0 Å². The van der Waals surface area contributed by atoms with Crippen LogP contribution in [0.2, 0.25) is 0 Å². The van der Waals surface area contributed by atoms with Gasteiger partial charge in [0.1, 0.15) is 0 Å². The number of nitrogens with one attached hydrogen (secondary N) is 1. The molecule has 5 nitrogen and oxygen atoms in total. The predicted octanol–water partition coefficient (Wildman–Crippen LogP) is 3.22. The third kappa shape index (κ3) is 3.07. The molecule has 2 aromatic carbocycles. The number of hydrogen-bond donors (Lipinski definition) is 1. The SMILES string of the molecule is N#Cc1ccc(CNc2ccc(-c3nnco3)cc2)cc1. The number of aromatic nitrogens is 2. The van der Waals surface area contributed by atoms with Crippen LogP contribution in [0.25, 0.3) is 11.5 Å². The van der Waals surface area contributed by atoms with Crippen LogP contribution in [-0.4, -0.2) is 10.2 Å². The third-order valence-corrected chi connectivity index (χ3v) is 3.07. The molecule has 1 N–H and O–H groups in total. The lowest BCUT2D eigenvalue weighted by atomic mass is 10.1. The Balaban J connectivity index is 1.64. The van der Waals surface area contributed by atoms with E-state index in [1.807, 2.05) is 48.5 Å². The zero-order chi connectivity index (χ0) is 14.5. The molecule has 0 bridgehead atoms. The second-order valence-electron chi connectivity index (χ2n) is 4.48. The number of hydrogen-bond acceptors (Lipinski definition) is 5. The van der Waals surface area contributed by atoms with Gasteiger partial charge in [-0.2, -0.15) is 5.26 Å². The van der Waals surface area contributed by atoms with E-state index in [0.717, 1.165) is 16.8 Å². The Morgan fingerprint density at radius 1 is 1.05 bits per heavy atom. The van der Waals surface area contributed by atoms with Crippen molar-refractivity contribution < 1.29 is 4.42 Å². The fourth-order valence-corrected chi connectivity index (χ4v) is 1.93. The molecule has 0 saturated carbocycles. The average Bonchev–Trinajstić information content (AvgIpc) is 3.08. The van der Waals surface area contributed by atoms with E-state index in [9.17, 15) is 0 Å². The molecule has 0 amide bonds. The highest BCUT2D eigenvalue weighted by molar-refractivity contribution is 5.58. The van der Waals surface area contributed by atoms with Gasteiger partial charge in [0.2, 0.25) is 12.3 Å². The molecule has 1 heterocycles. The van der Waals surface area contributed by atoms with Crippen molar-refractivity contribution in [2.45, 2.75) is 6.54 Å². The van der Waals surface area contributed by atoms with E-state index in [2.05, 4.69) is 21.6 Å². The maximum Gasteiger partial charge on any atom is 0.247 e. The first-order valence-electron chi connectivity index (χ1n) is 6.45. The molecular formula is C16H12N4O. The first-order chi connectivity index (χ1) is 10.3. The van der Waals surface area contributed by atoms with Crippen molar-refractivity contribution in [2.24, 2.45) is 0 Å². The molecule has 3 rings (SSSR count). The molecule has 0 spiro atoms. The van der Waals surface area contributed by atoms with Crippen molar-refractivity contribution >= 4 is 5.69 Å². The molecular weight excluding hydrogens is 264 g/mol. The summed E-state index contributed by atoms with van der Waals surface area (Å²) in [6.07, 6.45) is 1.31. The largest absolute Gasteiger partial charge is 0.423 e. The molecule has 3 aromatic rings. The van der Waals surface area contributed by atoms with E-state index in [0.29, 0.717) is 18.0 Å².